The molecule has 5 nitrogen and oxygen atoms in total. The van der Waals surface area contributed by atoms with Crippen molar-refractivity contribution in [2.45, 2.75) is 32.6 Å². The molecular weight excluding hydrogens is 338 g/mol. The molecule has 27 heavy (non-hydrogen) atoms. The number of hydrogen-bond donors (Lipinski definition) is 0. The molecule has 1 unspecified atom stereocenters. The zero-order valence-corrected chi connectivity index (χ0v) is 16.1. The highest BCUT2D eigenvalue weighted by atomic mass is 16.2. The van der Waals surface area contributed by atoms with E-state index in [-0.39, 0.29) is 11.8 Å². The van der Waals surface area contributed by atoms with Gasteiger partial charge in [-0.15, -0.1) is 0 Å². The van der Waals surface area contributed by atoms with Gasteiger partial charge >= 0.3 is 0 Å². The Labute approximate surface area is 161 Å². The summed E-state index contributed by atoms with van der Waals surface area (Å²) >= 11 is 0. The molecule has 1 aliphatic heterocycles. The van der Waals surface area contributed by atoms with Crippen molar-refractivity contribution in [1.82, 2.24) is 14.8 Å². The van der Waals surface area contributed by atoms with Gasteiger partial charge in [-0.25, -0.2) is 0 Å². The number of hydrogen-bond acceptors (Lipinski definition) is 3. The Hall–Kier alpha value is -2.69. The Balaban J connectivity index is 1.63. The molecule has 2 amide bonds. The fourth-order valence-electron chi connectivity index (χ4n) is 3.35. The third-order valence-corrected chi connectivity index (χ3v) is 5.29. The molecule has 1 atom stereocenters. The zero-order valence-electron chi connectivity index (χ0n) is 16.1. The lowest BCUT2D eigenvalue weighted by atomic mass is 9.97. The van der Waals surface area contributed by atoms with Crippen LogP contribution in [0, 0.1) is 0 Å². The Morgan fingerprint density at radius 3 is 2.22 bits per heavy atom. The summed E-state index contributed by atoms with van der Waals surface area (Å²) < 4.78 is 0. The third kappa shape index (κ3) is 4.54. The molecule has 0 spiro atoms. The second-order valence-corrected chi connectivity index (χ2v) is 7.08. The lowest BCUT2D eigenvalue weighted by molar-refractivity contribution is 0.0715. The molecule has 2 heterocycles. The summed E-state index contributed by atoms with van der Waals surface area (Å²) in [5.41, 5.74) is 2.43. The van der Waals surface area contributed by atoms with E-state index in [0.29, 0.717) is 43.4 Å². The highest BCUT2D eigenvalue weighted by Crippen LogP contribution is 2.20. The van der Waals surface area contributed by atoms with Crippen molar-refractivity contribution < 1.29 is 9.59 Å². The van der Waals surface area contributed by atoms with Crippen LogP contribution >= 0.6 is 0 Å². The van der Waals surface area contributed by atoms with E-state index >= 15 is 0 Å². The molecule has 1 aromatic carbocycles. The summed E-state index contributed by atoms with van der Waals surface area (Å²) in [6.07, 6.45) is 3.48. The maximum absolute atomic E-state index is 12.9. The zero-order chi connectivity index (χ0) is 19.2. The van der Waals surface area contributed by atoms with Crippen LogP contribution in [-0.2, 0) is 0 Å². The van der Waals surface area contributed by atoms with Crippen LogP contribution in [0.3, 0.4) is 0 Å². The van der Waals surface area contributed by atoms with Crippen molar-refractivity contribution in [3.63, 3.8) is 0 Å². The Morgan fingerprint density at radius 1 is 0.963 bits per heavy atom. The normalized spacial score (nSPS) is 15.9. The first-order valence-corrected chi connectivity index (χ1v) is 9.69. The molecule has 0 radical (unpaired) electrons. The number of carbonyl (C=O) groups excluding carboxylic acids is 2. The van der Waals surface area contributed by atoms with Crippen LogP contribution in [0.4, 0.5) is 0 Å². The van der Waals surface area contributed by atoms with E-state index in [9.17, 15) is 9.59 Å². The van der Waals surface area contributed by atoms with Gasteiger partial charge in [0, 0.05) is 37.9 Å². The van der Waals surface area contributed by atoms with Gasteiger partial charge in [-0.1, -0.05) is 32.0 Å². The number of pyridine rings is 1. The highest BCUT2D eigenvalue weighted by Gasteiger charge is 2.24. The lowest BCUT2D eigenvalue weighted by Gasteiger charge is -2.22. The van der Waals surface area contributed by atoms with Crippen LogP contribution in [0.25, 0.3) is 0 Å². The van der Waals surface area contributed by atoms with Gasteiger partial charge in [0.25, 0.3) is 11.8 Å². The van der Waals surface area contributed by atoms with Gasteiger partial charge in [0.15, 0.2) is 0 Å². The van der Waals surface area contributed by atoms with Gasteiger partial charge in [-0.05, 0) is 48.6 Å². The standard InChI is InChI=1S/C22H27N3O2/c1-3-17(2)18-8-10-19(11-9-18)21(26)24-13-6-14-25(16-15-24)22(27)20-7-4-5-12-23-20/h4-5,7-12,17H,3,6,13-16H2,1-2H3. The van der Waals surface area contributed by atoms with E-state index < -0.39 is 0 Å². The van der Waals surface area contributed by atoms with Crippen molar-refractivity contribution >= 4 is 11.8 Å². The van der Waals surface area contributed by atoms with Crippen molar-refractivity contribution in [2.24, 2.45) is 0 Å². The Morgan fingerprint density at radius 2 is 1.63 bits per heavy atom. The molecule has 1 aliphatic rings. The van der Waals surface area contributed by atoms with Gasteiger partial charge in [-0.3, -0.25) is 14.6 Å². The molecule has 0 saturated carbocycles. The molecule has 3 rings (SSSR count). The minimum atomic E-state index is -0.0668. The van der Waals surface area contributed by atoms with Crippen LogP contribution in [0.1, 0.15) is 59.0 Å². The molecule has 2 aromatic rings. The van der Waals surface area contributed by atoms with Crippen molar-refractivity contribution in [3.05, 3.63) is 65.5 Å². The van der Waals surface area contributed by atoms with E-state index in [1.165, 1.54) is 5.56 Å². The molecule has 142 valence electrons. The second-order valence-electron chi connectivity index (χ2n) is 7.08. The number of aromatic nitrogens is 1. The number of rotatable bonds is 4. The summed E-state index contributed by atoms with van der Waals surface area (Å²) in [4.78, 5) is 33.2. The topological polar surface area (TPSA) is 53.5 Å². The predicted molar refractivity (Wildman–Crippen MR) is 106 cm³/mol. The third-order valence-electron chi connectivity index (χ3n) is 5.29. The van der Waals surface area contributed by atoms with E-state index in [1.807, 2.05) is 23.1 Å². The first-order chi connectivity index (χ1) is 13.1. The summed E-state index contributed by atoms with van der Waals surface area (Å²) in [6.45, 7) is 6.75. The average Bonchev–Trinajstić information content (AvgIpc) is 2.99. The number of benzene rings is 1. The lowest BCUT2D eigenvalue weighted by Crippen LogP contribution is -2.37. The van der Waals surface area contributed by atoms with Crippen LogP contribution in [0.2, 0.25) is 0 Å². The molecule has 0 bridgehead atoms. The van der Waals surface area contributed by atoms with E-state index in [2.05, 4.69) is 31.0 Å². The Bertz CT molecular complexity index is 774. The van der Waals surface area contributed by atoms with E-state index in [0.717, 1.165) is 12.8 Å². The van der Waals surface area contributed by atoms with Crippen molar-refractivity contribution in [2.75, 3.05) is 26.2 Å². The second kappa shape index (κ2) is 8.80. The maximum atomic E-state index is 12.9. The van der Waals surface area contributed by atoms with Gasteiger partial charge in [0.2, 0.25) is 0 Å². The summed E-state index contributed by atoms with van der Waals surface area (Å²) in [6, 6.07) is 13.3. The molecule has 0 N–H and O–H groups in total. The van der Waals surface area contributed by atoms with Crippen LogP contribution in [-0.4, -0.2) is 52.8 Å². The highest BCUT2D eigenvalue weighted by molar-refractivity contribution is 5.95. The largest absolute Gasteiger partial charge is 0.337 e. The fraction of sp³-hybridized carbons (Fsp3) is 0.409. The van der Waals surface area contributed by atoms with Gasteiger partial charge in [0.05, 0.1) is 0 Å². The van der Waals surface area contributed by atoms with Crippen LogP contribution < -0.4 is 0 Å². The Kier molecular flexibility index (Phi) is 6.22. The SMILES string of the molecule is CCC(C)c1ccc(C(=O)N2CCCN(C(=O)c3ccccn3)CC2)cc1. The molecule has 5 heteroatoms. The number of carbonyl (C=O) groups is 2. The fourth-order valence-corrected chi connectivity index (χ4v) is 3.35. The van der Waals surface area contributed by atoms with E-state index in [4.69, 9.17) is 0 Å². The minimum absolute atomic E-state index is 0.0397. The van der Waals surface area contributed by atoms with Crippen LogP contribution in [0.15, 0.2) is 48.7 Å². The smallest absolute Gasteiger partial charge is 0.272 e. The maximum Gasteiger partial charge on any atom is 0.272 e. The number of amides is 2. The minimum Gasteiger partial charge on any atom is -0.337 e. The summed E-state index contributed by atoms with van der Waals surface area (Å²) in [5, 5.41) is 0. The predicted octanol–water partition coefficient (Wildman–Crippen LogP) is 3.58. The summed E-state index contributed by atoms with van der Waals surface area (Å²) in [7, 11) is 0. The monoisotopic (exact) mass is 365 g/mol. The molecule has 1 saturated heterocycles. The quantitative estimate of drug-likeness (QED) is 0.832. The average molecular weight is 365 g/mol. The molecule has 0 aliphatic carbocycles. The number of nitrogens with zero attached hydrogens (tertiary/aromatic N) is 3. The van der Waals surface area contributed by atoms with Crippen LogP contribution in [0.5, 0.6) is 0 Å². The first-order valence-electron chi connectivity index (χ1n) is 9.69. The van der Waals surface area contributed by atoms with Crippen molar-refractivity contribution in [1.29, 1.82) is 0 Å². The van der Waals surface area contributed by atoms with E-state index in [1.54, 1.807) is 23.2 Å². The van der Waals surface area contributed by atoms with Gasteiger partial charge in [0.1, 0.15) is 5.69 Å². The molecular formula is C22H27N3O2. The molecule has 1 aromatic heterocycles. The first kappa shape index (κ1) is 19.1. The van der Waals surface area contributed by atoms with Crippen molar-refractivity contribution in [3.8, 4) is 0 Å². The van der Waals surface area contributed by atoms with Gasteiger partial charge < -0.3 is 9.80 Å². The van der Waals surface area contributed by atoms with Gasteiger partial charge in [-0.2, -0.15) is 0 Å². The summed E-state index contributed by atoms with van der Waals surface area (Å²) in [5.74, 6) is 0.471. The molecule has 1 fully saturated rings.